The molecule has 2 unspecified atom stereocenters. The monoisotopic (exact) mass is 332 g/mol. The fourth-order valence-electron chi connectivity index (χ4n) is 4.27. The van der Waals surface area contributed by atoms with Gasteiger partial charge in [0.25, 0.3) is 0 Å². The predicted molar refractivity (Wildman–Crippen MR) is 97.6 cm³/mol. The third kappa shape index (κ3) is 3.47. The molecule has 0 bridgehead atoms. The number of hydrogen-bond donors (Lipinski definition) is 2. The molecule has 0 aliphatic carbocycles. The highest BCUT2D eigenvalue weighted by Gasteiger charge is 2.63. The lowest BCUT2D eigenvalue weighted by molar-refractivity contribution is 0.119. The van der Waals surface area contributed by atoms with E-state index in [-0.39, 0.29) is 5.60 Å². The van der Waals surface area contributed by atoms with Crippen molar-refractivity contribution in [2.24, 2.45) is 11.5 Å². The Kier molecular flexibility index (Phi) is 5.89. The van der Waals surface area contributed by atoms with E-state index in [2.05, 4.69) is 40.0 Å². The fraction of sp³-hybridized carbons (Fsp3) is 1.00. The first-order chi connectivity index (χ1) is 9.04. The van der Waals surface area contributed by atoms with Crippen LogP contribution in [0.2, 0.25) is 44.3 Å². The highest BCUT2D eigenvalue weighted by Crippen LogP contribution is 2.47. The third-order valence-electron chi connectivity index (χ3n) is 5.94. The summed E-state index contributed by atoms with van der Waals surface area (Å²) in [5.41, 5.74) is 11.7. The summed E-state index contributed by atoms with van der Waals surface area (Å²) in [6.07, 6.45) is 2.34. The van der Waals surface area contributed by atoms with Gasteiger partial charge in [0, 0.05) is 13.2 Å². The predicted octanol–water partition coefficient (Wildman–Crippen LogP) is 3.01. The molecule has 4 N–H and O–H groups in total. The van der Waals surface area contributed by atoms with Crippen LogP contribution in [0, 0.1) is 0 Å². The molecule has 0 amide bonds. The van der Waals surface area contributed by atoms with Gasteiger partial charge >= 0.3 is 0 Å². The van der Waals surface area contributed by atoms with Gasteiger partial charge < -0.3 is 15.9 Å². The summed E-state index contributed by atoms with van der Waals surface area (Å²) in [6, 6.07) is 3.99. The minimum atomic E-state index is -1.63. The first-order valence-corrected chi connectivity index (χ1v) is 18.7. The molecule has 0 aromatic rings. The van der Waals surface area contributed by atoms with Crippen molar-refractivity contribution in [3.63, 3.8) is 0 Å². The molecule has 0 radical (unpaired) electrons. The second-order valence-electron chi connectivity index (χ2n) is 8.24. The summed E-state index contributed by atoms with van der Waals surface area (Å²) >= 11 is 0. The summed E-state index contributed by atoms with van der Waals surface area (Å²) in [5.74, 6) is 0. The van der Waals surface area contributed by atoms with Crippen molar-refractivity contribution in [3.8, 4) is 0 Å². The van der Waals surface area contributed by atoms with Gasteiger partial charge in [-0.3, -0.25) is 0 Å². The van der Waals surface area contributed by atoms with Crippen LogP contribution >= 0.6 is 0 Å². The summed E-state index contributed by atoms with van der Waals surface area (Å²) in [6.45, 7) is 16.7. The van der Waals surface area contributed by atoms with E-state index in [1.807, 2.05) is 0 Å². The fourth-order valence-corrected chi connectivity index (χ4v) is 40.9. The molecular weight excluding hydrogens is 296 g/mol. The van der Waals surface area contributed by atoms with Crippen molar-refractivity contribution in [3.05, 3.63) is 0 Å². The minimum Gasteiger partial charge on any atom is -0.415 e. The van der Waals surface area contributed by atoms with Gasteiger partial charge in [-0.15, -0.1) is 0 Å². The van der Waals surface area contributed by atoms with E-state index < -0.39 is 22.5 Å². The Hall–Kier alpha value is 0.531. The van der Waals surface area contributed by atoms with E-state index >= 15 is 0 Å². The molecule has 0 aromatic carbocycles. The van der Waals surface area contributed by atoms with Gasteiger partial charge in [0.2, 0.25) is 0 Å². The maximum Gasteiger partial charge on any atom is 0.175 e. The lowest BCUT2D eigenvalue weighted by atomic mass is 10.2. The van der Waals surface area contributed by atoms with Crippen LogP contribution in [-0.2, 0) is 4.43 Å². The van der Waals surface area contributed by atoms with Gasteiger partial charge in [-0.2, -0.15) is 0 Å². The van der Waals surface area contributed by atoms with Crippen LogP contribution < -0.4 is 11.5 Å². The SMILES string of the molecule is CC1(C)C[Si](C)(CCCN)[Si](C)(C)[Si](C)(CCCN)O1. The van der Waals surface area contributed by atoms with Crippen LogP contribution in [0.15, 0.2) is 0 Å². The van der Waals surface area contributed by atoms with Crippen LogP contribution in [0.1, 0.15) is 26.7 Å². The first kappa shape index (κ1) is 18.6. The van der Waals surface area contributed by atoms with Gasteiger partial charge in [-0.25, -0.2) is 0 Å². The summed E-state index contributed by atoms with van der Waals surface area (Å²) in [7, 11) is -4.19. The molecule has 1 rings (SSSR count). The highest BCUT2D eigenvalue weighted by atomic mass is 29.6. The van der Waals surface area contributed by atoms with Crippen LogP contribution in [0.3, 0.4) is 0 Å². The van der Waals surface area contributed by atoms with Gasteiger partial charge in [-0.1, -0.05) is 25.7 Å². The third-order valence-corrected chi connectivity index (χ3v) is 46.5. The normalized spacial score (nSPS) is 36.0. The molecule has 20 heavy (non-hydrogen) atoms. The lowest BCUT2D eigenvalue weighted by Gasteiger charge is -2.60. The molecule has 6 heteroatoms. The van der Waals surface area contributed by atoms with Crippen LogP contribution in [-0.4, -0.2) is 41.2 Å². The Morgan fingerprint density at radius 1 is 0.950 bits per heavy atom. The second kappa shape index (κ2) is 6.34. The van der Waals surface area contributed by atoms with Crippen molar-refractivity contribution in [2.45, 2.75) is 76.6 Å². The van der Waals surface area contributed by atoms with Crippen LogP contribution in [0.5, 0.6) is 0 Å². The Bertz CT molecular complexity index is 310. The van der Waals surface area contributed by atoms with E-state index in [4.69, 9.17) is 15.9 Å². The molecule has 1 saturated heterocycles. The summed E-state index contributed by atoms with van der Waals surface area (Å²) in [4.78, 5) is 0. The molecule has 1 aliphatic heterocycles. The average Bonchev–Trinajstić information content (AvgIpc) is 2.31. The molecule has 0 aromatic heterocycles. The molecule has 2 atom stereocenters. The highest BCUT2D eigenvalue weighted by molar-refractivity contribution is 7.68. The minimum absolute atomic E-state index is 0.0770. The van der Waals surface area contributed by atoms with Gasteiger partial charge in [0.15, 0.2) is 7.83 Å². The molecule has 1 heterocycles. The van der Waals surface area contributed by atoms with E-state index in [9.17, 15) is 0 Å². The zero-order valence-electron chi connectivity index (χ0n) is 14.5. The zero-order chi connectivity index (χ0) is 15.7. The Balaban J connectivity index is 3.11. The van der Waals surface area contributed by atoms with E-state index in [0.717, 1.165) is 19.5 Å². The zero-order valence-corrected chi connectivity index (χ0v) is 17.5. The number of rotatable bonds is 6. The van der Waals surface area contributed by atoms with Gasteiger partial charge in [-0.05, 0) is 58.4 Å². The molecule has 120 valence electrons. The topological polar surface area (TPSA) is 61.3 Å². The molecule has 1 aliphatic rings. The number of nitrogens with two attached hydrogens (primary N) is 2. The lowest BCUT2D eigenvalue weighted by Crippen LogP contribution is -2.79. The average molecular weight is 333 g/mol. The van der Waals surface area contributed by atoms with Crippen molar-refractivity contribution in [1.29, 1.82) is 0 Å². The number of hydrogen-bond acceptors (Lipinski definition) is 3. The standard InChI is InChI=1S/C14H36N2OSi3/c1-14(2)13-19(5,11-7-9-15)18(3,4)20(6,17-14)12-8-10-16/h7-13,15-16H2,1-6H3. The van der Waals surface area contributed by atoms with E-state index in [1.54, 1.807) is 0 Å². The Morgan fingerprint density at radius 2 is 1.45 bits per heavy atom. The van der Waals surface area contributed by atoms with Gasteiger partial charge in [0.05, 0.1) is 7.11 Å². The maximum atomic E-state index is 6.80. The largest absolute Gasteiger partial charge is 0.415 e. The Morgan fingerprint density at radius 3 is 1.95 bits per heavy atom. The first-order valence-electron chi connectivity index (χ1n) is 8.14. The molecule has 0 spiro atoms. The molecular formula is C14H36N2OSi3. The second-order valence-corrected chi connectivity index (χ2v) is 34.4. The van der Waals surface area contributed by atoms with E-state index in [0.29, 0.717) is 0 Å². The quantitative estimate of drug-likeness (QED) is 0.735. The Labute approximate surface area is 128 Å². The van der Waals surface area contributed by atoms with Crippen molar-refractivity contribution >= 4 is 22.5 Å². The molecule has 0 saturated carbocycles. The van der Waals surface area contributed by atoms with Crippen molar-refractivity contribution in [1.82, 2.24) is 0 Å². The van der Waals surface area contributed by atoms with Gasteiger partial charge in [0.1, 0.15) is 0 Å². The van der Waals surface area contributed by atoms with E-state index in [1.165, 1.54) is 24.6 Å². The maximum absolute atomic E-state index is 6.80. The van der Waals surface area contributed by atoms with Crippen molar-refractivity contribution < 1.29 is 4.43 Å². The van der Waals surface area contributed by atoms with Crippen LogP contribution in [0.25, 0.3) is 0 Å². The molecule has 3 nitrogen and oxygen atoms in total. The van der Waals surface area contributed by atoms with Crippen LogP contribution in [0.4, 0.5) is 0 Å². The molecule has 1 fully saturated rings. The smallest absolute Gasteiger partial charge is 0.175 e. The summed E-state index contributed by atoms with van der Waals surface area (Å²) in [5, 5.41) is 0. The summed E-state index contributed by atoms with van der Waals surface area (Å²) < 4.78 is 6.80. The van der Waals surface area contributed by atoms with Crippen molar-refractivity contribution in [2.75, 3.05) is 13.1 Å².